The minimum Gasteiger partial charge on any atom is -0.339 e. The molecule has 0 amide bonds. The third kappa shape index (κ3) is 2.50. The van der Waals surface area contributed by atoms with E-state index in [0.29, 0.717) is 17.2 Å². The normalized spacial score (nSPS) is 34.1. The Balaban J connectivity index is 1.67. The molecule has 0 radical (unpaired) electrons. The van der Waals surface area contributed by atoms with Crippen LogP contribution in [0.15, 0.2) is 4.52 Å². The number of hydrogen-bond donors (Lipinski definition) is 1. The number of nitrogens with two attached hydrogens (primary N) is 1. The van der Waals surface area contributed by atoms with Crippen LogP contribution in [0, 0.1) is 0 Å². The van der Waals surface area contributed by atoms with E-state index < -0.39 is 0 Å². The molecule has 1 aliphatic carbocycles. The zero-order valence-electron chi connectivity index (χ0n) is 9.97. The van der Waals surface area contributed by atoms with Gasteiger partial charge in [0.15, 0.2) is 5.82 Å². The summed E-state index contributed by atoms with van der Waals surface area (Å²) >= 11 is 1.95. The van der Waals surface area contributed by atoms with Crippen LogP contribution in [0.4, 0.5) is 0 Å². The second-order valence-corrected chi connectivity index (χ2v) is 6.41. The molecule has 5 heteroatoms. The summed E-state index contributed by atoms with van der Waals surface area (Å²) in [4.78, 5) is 4.60. The third-order valence-corrected chi connectivity index (χ3v) is 5.17. The van der Waals surface area contributed by atoms with Crippen LogP contribution in [0.5, 0.6) is 0 Å². The molecule has 1 saturated carbocycles. The highest BCUT2D eigenvalue weighted by Crippen LogP contribution is 2.39. The predicted octanol–water partition coefficient (Wildman–Crippen LogP) is 2.62. The highest BCUT2D eigenvalue weighted by molar-refractivity contribution is 7.99. The van der Waals surface area contributed by atoms with Crippen LogP contribution in [0.3, 0.4) is 0 Å². The van der Waals surface area contributed by atoms with E-state index in [1.165, 1.54) is 18.6 Å². The Hall–Kier alpha value is -0.550. The number of hydrogen-bond acceptors (Lipinski definition) is 5. The maximum atomic E-state index is 5.91. The SMILES string of the molecule is NC1CCC(c2nc(C3CCCS3)no2)CC1. The van der Waals surface area contributed by atoms with Gasteiger partial charge >= 0.3 is 0 Å². The smallest absolute Gasteiger partial charge is 0.229 e. The lowest BCUT2D eigenvalue weighted by molar-refractivity contribution is 0.299. The van der Waals surface area contributed by atoms with E-state index in [4.69, 9.17) is 10.3 Å². The molecule has 2 aliphatic rings. The maximum Gasteiger partial charge on any atom is 0.229 e. The van der Waals surface area contributed by atoms with Crippen molar-refractivity contribution in [2.75, 3.05) is 5.75 Å². The summed E-state index contributed by atoms with van der Waals surface area (Å²) in [5.41, 5.74) is 5.91. The Bertz CT molecular complexity index is 368. The second-order valence-electron chi connectivity index (χ2n) is 5.10. The maximum absolute atomic E-state index is 5.91. The molecule has 0 spiro atoms. The average molecular weight is 253 g/mol. The lowest BCUT2D eigenvalue weighted by Gasteiger charge is -2.22. The van der Waals surface area contributed by atoms with Crippen molar-refractivity contribution < 1.29 is 4.52 Å². The topological polar surface area (TPSA) is 64.9 Å². The molecular weight excluding hydrogens is 234 g/mol. The van der Waals surface area contributed by atoms with Crippen molar-refractivity contribution in [2.24, 2.45) is 5.73 Å². The summed E-state index contributed by atoms with van der Waals surface area (Å²) in [7, 11) is 0. The quantitative estimate of drug-likeness (QED) is 0.877. The fourth-order valence-corrected chi connectivity index (χ4v) is 3.89. The van der Waals surface area contributed by atoms with Crippen molar-refractivity contribution in [1.29, 1.82) is 0 Å². The lowest BCUT2D eigenvalue weighted by Crippen LogP contribution is -2.25. The Labute approximate surface area is 106 Å². The molecule has 2 fully saturated rings. The molecule has 94 valence electrons. The van der Waals surface area contributed by atoms with Gasteiger partial charge in [0.25, 0.3) is 0 Å². The first-order valence-electron chi connectivity index (χ1n) is 6.53. The summed E-state index contributed by atoms with van der Waals surface area (Å²) in [6, 6.07) is 0.374. The van der Waals surface area contributed by atoms with Crippen LogP contribution in [0.1, 0.15) is 61.4 Å². The van der Waals surface area contributed by atoms with Gasteiger partial charge in [0.1, 0.15) is 0 Å². The first-order chi connectivity index (χ1) is 8.33. The average Bonchev–Trinajstić information content (AvgIpc) is 3.00. The minimum atomic E-state index is 0.374. The summed E-state index contributed by atoms with van der Waals surface area (Å²) in [5, 5.41) is 4.62. The summed E-state index contributed by atoms with van der Waals surface area (Å²) < 4.78 is 5.44. The van der Waals surface area contributed by atoms with Crippen LogP contribution < -0.4 is 5.73 Å². The molecule has 0 bridgehead atoms. The van der Waals surface area contributed by atoms with Crippen molar-refractivity contribution in [3.8, 4) is 0 Å². The van der Waals surface area contributed by atoms with Gasteiger partial charge in [-0.25, -0.2) is 0 Å². The van der Waals surface area contributed by atoms with Gasteiger partial charge in [-0.05, 0) is 44.3 Å². The number of thioether (sulfide) groups is 1. The molecule has 1 saturated heterocycles. The van der Waals surface area contributed by atoms with Crippen LogP contribution >= 0.6 is 11.8 Å². The summed E-state index contributed by atoms with van der Waals surface area (Å²) in [6.07, 6.45) is 6.83. The van der Waals surface area contributed by atoms with Crippen LogP contribution in [-0.4, -0.2) is 21.9 Å². The molecule has 1 aromatic heterocycles. The number of rotatable bonds is 2. The molecule has 3 rings (SSSR count). The monoisotopic (exact) mass is 253 g/mol. The van der Waals surface area contributed by atoms with E-state index in [9.17, 15) is 0 Å². The first kappa shape index (κ1) is 11.5. The molecule has 1 aromatic rings. The highest BCUT2D eigenvalue weighted by Gasteiger charge is 2.27. The molecule has 4 nitrogen and oxygen atoms in total. The van der Waals surface area contributed by atoms with Crippen molar-refractivity contribution in [3.63, 3.8) is 0 Å². The van der Waals surface area contributed by atoms with E-state index in [1.54, 1.807) is 0 Å². The second kappa shape index (κ2) is 4.98. The first-order valence-corrected chi connectivity index (χ1v) is 7.58. The Morgan fingerprint density at radius 2 is 2.00 bits per heavy atom. The number of nitrogens with zero attached hydrogens (tertiary/aromatic N) is 2. The Kier molecular flexibility index (Phi) is 3.38. The van der Waals surface area contributed by atoms with E-state index in [-0.39, 0.29) is 0 Å². The molecule has 1 aliphatic heterocycles. The minimum absolute atomic E-state index is 0.374. The molecule has 0 aromatic carbocycles. The van der Waals surface area contributed by atoms with Gasteiger partial charge in [-0.2, -0.15) is 16.7 Å². The Morgan fingerprint density at radius 3 is 2.71 bits per heavy atom. The lowest BCUT2D eigenvalue weighted by atomic mass is 9.86. The predicted molar refractivity (Wildman–Crippen MR) is 67.9 cm³/mol. The van der Waals surface area contributed by atoms with Gasteiger partial charge in [0, 0.05) is 12.0 Å². The van der Waals surface area contributed by atoms with Gasteiger partial charge in [-0.1, -0.05) is 5.16 Å². The van der Waals surface area contributed by atoms with Gasteiger partial charge in [0.2, 0.25) is 5.89 Å². The largest absolute Gasteiger partial charge is 0.339 e. The summed E-state index contributed by atoms with van der Waals surface area (Å²) in [5.74, 6) is 3.44. The molecule has 1 atom stereocenters. The fourth-order valence-electron chi connectivity index (χ4n) is 2.69. The third-order valence-electron chi connectivity index (χ3n) is 3.80. The zero-order valence-corrected chi connectivity index (χ0v) is 10.8. The van der Waals surface area contributed by atoms with Crippen molar-refractivity contribution >= 4 is 11.8 Å². The molecule has 1 unspecified atom stereocenters. The molecule has 2 N–H and O–H groups in total. The molecule has 17 heavy (non-hydrogen) atoms. The highest BCUT2D eigenvalue weighted by atomic mass is 32.2. The van der Waals surface area contributed by atoms with Crippen LogP contribution in [0.2, 0.25) is 0 Å². The van der Waals surface area contributed by atoms with E-state index in [0.717, 1.165) is 37.4 Å². The van der Waals surface area contributed by atoms with Crippen molar-refractivity contribution in [3.05, 3.63) is 11.7 Å². The van der Waals surface area contributed by atoms with E-state index >= 15 is 0 Å². The molecule has 2 heterocycles. The zero-order chi connectivity index (χ0) is 11.7. The van der Waals surface area contributed by atoms with Gasteiger partial charge < -0.3 is 10.3 Å². The van der Waals surface area contributed by atoms with Crippen LogP contribution in [-0.2, 0) is 0 Å². The van der Waals surface area contributed by atoms with Crippen LogP contribution in [0.25, 0.3) is 0 Å². The van der Waals surface area contributed by atoms with E-state index in [1.807, 2.05) is 11.8 Å². The van der Waals surface area contributed by atoms with Gasteiger partial charge in [-0.3, -0.25) is 0 Å². The number of aromatic nitrogens is 2. The van der Waals surface area contributed by atoms with Gasteiger partial charge in [-0.15, -0.1) is 0 Å². The van der Waals surface area contributed by atoms with Gasteiger partial charge in [0.05, 0.1) is 5.25 Å². The standard InChI is InChI=1S/C12H19N3OS/c13-9-5-3-8(4-6-9)12-14-11(15-16-12)10-2-1-7-17-10/h8-10H,1-7,13H2. The van der Waals surface area contributed by atoms with Crippen molar-refractivity contribution in [1.82, 2.24) is 10.1 Å². The van der Waals surface area contributed by atoms with E-state index in [2.05, 4.69) is 10.1 Å². The Morgan fingerprint density at radius 1 is 1.18 bits per heavy atom. The molecular formula is C12H19N3OS. The van der Waals surface area contributed by atoms with Crippen molar-refractivity contribution in [2.45, 2.75) is 55.7 Å². The summed E-state index contributed by atoms with van der Waals surface area (Å²) in [6.45, 7) is 0. The fraction of sp³-hybridized carbons (Fsp3) is 0.833.